The van der Waals surface area contributed by atoms with Crippen molar-refractivity contribution in [3.8, 4) is 11.5 Å². The third-order valence-electron chi connectivity index (χ3n) is 4.08. The maximum absolute atomic E-state index is 10.1. The molecule has 0 saturated carbocycles. The van der Waals surface area contributed by atoms with Gasteiger partial charge in [-0.05, 0) is 50.5 Å². The molecular weight excluding hydrogens is 254 g/mol. The summed E-state index contributed by atoms with van der Waals surface area (Å²) in [6, 6.07) is 8.10. The van der Waals surface area contributed by atoms with Crippen molar-refractivity contribution in [3.05, 3.63) is 24.3 Å². The van der Waals surface area contributed by atoms with E-state index in [9.17, 15) is 5.11 Å². The molecule has 112 valence electrons. The molecule has 0 aromatic heterocycles. The average Bonchev–Trinajstić information content (AvgIpc) is 2.48. The van der Waals surface area contributed by atoms with Gasteiger partial charge < -0.3 is 19.5 Å². The minimum Gasteiger partial charge on any atom is -0.497 e. The average molecular weight is 280 g/mol. The number of hydrogen-bond donors (Lipinski definition) is 2. The first-order chi connectivity index (χ1) is 9.69. The van der Waals surface area contributed by atoms with Crippen LogP contribution in [0.15, 0.2) is 24.3 Å². The summed E-state index contributed by atoms with van der Waals surface area (Å²) in [7, 11) is 1.64. The third kappa shape index (κ3) is 4.39. The second-order valence-electron chi connectivity index (χ2n) is 5.65. The molecule has 1 aromatic rings. The lowest BCUT2D eigenvalue weighted by Crippen LogP contribution is -3.17. The van der Waals surface area contributed by atoms with Gasteiger partial charge in [0.1, 0.15) is 30.8 Å². The van der Waals surface area contributed by atoms with Crippen LogP contribution < -0.4 is 14.4 Å². The van der Waals surface area contributed by atoms with Crippen LogP contribution in [0.4, 0.5) is 0 Å². The molecule has 1 aliphatic heterocycles. The van der Waals surface area contributed by atoms with Crippen LogP contribution >= 0.6 is 0 Å². The van der Waals surface area contributed by atoms with Gasteiger partial charge in [-0.2, -0.15) is 0 Å². The highest BCUT2D eigenvalue weighted by Crippen LogP contribution is 2.17. The summed E-state index contributed by atoms with van der Waals surface area (Å²) >= 11 is 0. The smallest absolute Gasteiger partial charge is 0.137 e. The van der Waals surface area contributed by atoms with E-state index < -0.39 is 6.10 Å². The van der Waals surface area contributed by atoms with Crippen LogP contribution in [0.1, 0.15) is 26.2 Å². The molecule has 1 heterocycles. The zero-order valence-electron chi connectivity index (χ0n) is 12.5. The first-order valence-electron chi connectivity index (χ1n) is 7.48. The lowest BCUT2D eigenvalue weighted by molar-refractivity contribution is -0.931. The van der Waals surface area contributed by atoms with Crippen molar-refractivity contribution >= 4 is 0 Å². The van der Waals surface area contributed by atoms with E-state index in [4.69, 9.17) is 9.47 Å². The van der Waals surface area contributed by atoms with Gasteiger partial charge in [-0.25, -0.2) is 0 Å². The first-order valence-corrected chi connectivity index (χ1v) is 7.48. The molecule has 0 amide bonds. The predicted molar refractivity (Wildman–Crippen MR) is 78.5 cm³/mol. The molecule has 0 aliphatic carbocycles. The van der Waals surface area contributed by atoms with E-state index in [-0.39, 0.29) is 0 Å². The first kappa shape index (κ1) is 15.1. The van der Waals surface area contributed by atoms with E-state index >= 15 is 0 Å². The Labute approximate surface area is 121 Å². The Morgan fingerprint density at radius 3 is 2.60 bits per heavy atom. The number of rotatable bonds is 6. The maximum atomic E-state index is 10.1. The van der Waals surface area contributed by atoms with Crippen LogP contribution in [-0.4, -0.2) is 44.1 Å². The number of likely N-dealkylation sites (tertiary alicyclic amines) is 1. The summed E-state index contributed by atoms with van der Waals surface area (Å²) in [6.45, 7) is 4.56. The fraction of sp³-hybridized carbons (Fsp3) is 0.625. The molecule has 1 unspecified atom stereocenters. The quantitative estimate of drug-likeness (QED) is 0.813. The highest BCUT2D eigenvalue weighted by Gasteiger charge is 2.24. The topological polar surface area (TPSA) is 43.1 Å². The van der Waals surface area contributed by atoms with Gasteiger partial charge in [0.05, 0.1) is 19.7 Å². The molecule has 1 saturated heterocycles. The number of nitrogens with one attached hydrogen (secondary N) is 1. The fourth-order valence-corrected chi connectivity index (χ4v) is 2.78. The number of piperidine rings is 1. The van der Waals surface area contributed by atoms with E-state index in [0.717, 1.165) is 18.0 Å². The highest BCUT2D eigenvalue weighted by atomic mass is 16.5. The van der Waals surface area contributed by atoms with Crippen LogP contribution in [0.25, 0.3) is 0 Å². The molecule has 0 bridgehead atoms. The molecular formula is C16H26NO3+. The van der Waals surface area contributed by atoms with Gasteiger partial charge >= 0.3 is 0 Å². The Morgan fingerprint density at radius 1 is 1.25 bits per heavy atom. The van der Waals surface area contributed by atoms with Crippen LogP contribution in [0.5, 0.6) is 11.5 Å². The van der Waals surface area contributed by atoms with Crippen LogP contribution in [-0.2, 0) is 0 Å². The third-order valence-corrected chi connectivity index (χ3v) is 4.08. The van der Waals surface area contributed by atoms with Gasteiger partial charge in [0.2, 0.25) is 0 Å². The summed E-state index contributed by atoms with van der Waals surface area (Å²) in [6.07, 6.45) is 3.45. The standard InChI is InChI=1S/C16H25NO3/c1-13-5-3-4-10-17(13)11-14(18)12-20-16-8-6-15(19-2)7-9-16/h6-9,13-14,18H,3-5,10-12H2,1-2H3/p+1/t13-,14+/m1/s1. The van der Waals surface area contributed by atoms with Crippen LogP contribution in [0.2, 0.25) is 0 Å². The maximum Gasteiger partial charge on any atom is 0.137 e. The summed E-state index contributed by atoms with van der Waals surface area (Å²) in [5.74, 6) is 1.58. The molecule has 1 aromatic carbocycles. The normalized spacial score (nSPS) is 24.1. The van der Waals surface area contributed by atoms with Gasteiger partial charge in [-0.15, -0.1) is 0 Å². The van der Waals surface area contributed by atoms with Crippen molar-refractivity contribution < 1.29 is 19.5 Å². The Hall–Kier alpha value is -1.26. The number of aliphatic hydroxyl groups excluding tert-OH is 1. The van der Waals surface area contributed by atoms with Gasteiger partial charge in [0, 0.05) is 0 Å². The molecule has 4 nitrogen and oxygen atoms in total. The molecule has 1 aliphatic rings. The number of aliphatic hydroxyl groups is 1. The second kappa shape index (κ2) is 7.50. The number of ether oxygens (including phenoxy) is 2. The van der Waals surface area contributed by atoms with Crippen molar-refractivity contribution in [1.29, 1.82) is 0 Å². The molecule has 3 atom stereocenters. The van der Waals surface area contributed by atoms with Gasteiger partial charge in [-0.1, -0.05) is 0 Å². The van der Waals surface area contributed by atoms with Gasteiger partial charge in [0.15, 0.2) is 0 Å². The Balaban J connectivity index is 1.74. The summed E-state index contributed by atoms with van der Waals surface area (Å²) < 4.78 is 10.7. The van der Waals surface area contributed by atoms with Crippen molar-refractivity contribution in [2.24, 2.45) is 0 Å². The molecule has 0 radical (unpaired) electrons. The van der Waals surface area contributed by atoms with E-state index in [2.05, 4.69) is 6.92 Å². The van der Waals surface area contributed by atoms with E-state index in [0.29, 0.717) is 12.6 Å². The van der Waals surface area contributed by atoms with Crippen LogP contribution in [0.3, 0.4) is 0 Å². The van der Waals surface area contributed by atoms with E-state index in [1.807, 2.05) is 24.3 Å². The van der Waals surface area contributed by atoms with Crippen molar-refractivity contribution in [2.45, 2.75) is 38.3 Å². The summed E-state index contributed by atoms with van der Waals surface area (Å²) in [5, 5.41) is 10.1. The van der Waals surface area contributed by atoms with Crippen LogP contribution in [0, 0.1) is 0 Å². The fourth-order valence-electron chi connectivity index (χ4n) is 2.78. The lowest BCUT2D eigenvalue weighted by Gasteiger charge is -2.31. The Bertz CT molecular complexity index is 393. The van der Waals surface area contributed by atoms with E-state index in [1.165, 1.54) is 30.7 Å². The molecule has 2 rings (SSSR count). The molecule has 4 heteroatoms. The van der Waals surface area contributed by atoms with Crippen molar-refractivity contribution in [2.75, 3.05) is 26.8 Å². The molecule has 1 fully saturated rings. The Morgan fingerprint density at radius 2 is 1.95 bits per heavy atom. The minimum atomic E-state index is -0.410. The zero-order chi connectivity index (χ0) is 14.4. The predicted octanol–water partition coefficient (Wildman–Crippen LogP) is 0.892. The number of hydrogen-bond acceptors (Lipinski definition) is 3. The van der Waals surface area contributed by atoms with Gasteiger partial charge in [-0.3, -0.25) is 0 Å². The summed E-state index contributed by atoms with van der Waals surface area (Å²) in [4.78, 5) is 1.50. The number of quaternary nitrogens is 1. The SMILES string of the molecule is COc1ccc(OC[C@@H](O)C[NH+]2CCCC[C@H]2C)cc1. The monoisotopic (exact) mass is 280 g/mol. The largest absolute Gasteiger partial charge is 0.497 e. The number of benzene rings is 1. The number of methoxy groups -OCH3 is 1. The minimum absolute atomic E-state index is 0.350. The highest BCUT2D eigenvalue weighted by molar-refractivity contribution is 5.31. The van der Waals surface area contributed by atoms with Crippen molar-refractivity contribution in [3.63, 3.8) is 0 Å². The molecule has 0 spiro atoms. The zero-order valence-corrected chi connectivity index (χ0v) is 12.5. The summed E-state index contributed by atoms with van der Waals surface area (Å²) in [5.41, 5.74) is 0. The Kier molecular flexibility index (Phi) is 5.68. The van der Waals surface area contributed by atoms with Crippen molar-refractivity contribution in [1.82, 2.24) is 0 Å². The van der Waals surface area contributed by atoms with Gasteiger partial charge in [0.25, 0.3) is 0 Å². The molecule has 20 heavy (non-hydrogen) atoms. The second-order valence-corrected chi connectivity index (χ2v) is 5.65. The molecule has 2 N–H and O–H groups in total. The van der Waals surface area contributed by atoms with E-state index in [1.54, 1.807) is 7.11 Å². The lowest BCUT2D eigenvalue weighted by atomic mass is 10.0.